The fourth-order valence-electron chi connectivity index (χ4n) is 4.54. The van der Waals surface area contributed by atoms with Gasteiger partial charge in [-0.05, 0) is 46.2 Å². The third-order valence-electron chi connectivity index (χ3n) is 5.82. The van der Waals surface area contributed by atoms with Crippen molar-refractivity contribution >= 4 is 32.3 Å². The number of pyridine rings is 1. The topological polar surface area (TPSA) is 13.1 Å². The Hall–Kier alpha value is -3.39. The largest absolute Gasteiger partial charge is 0.455 e. The highest BCUT2D eigenvalue weighted by molar-refractivity contribution is 6.12. The SMILES string of the molecule is Cc1c2c(cc3ccccc13)Oc1c3ccccc3cc3cc[n+](C)c-2c13. The van der Waals surface area contributed by atoms with Crippen LogP contribution in [0.4, 0.5) is 0 Å². The smallest absolute Gasteiger partial charge is 0.228 e. The van der Waals surface area contributed by atoms with Gasteiger partial charge in [0, 0.05) is 11.5 Å². The first-order valence-corrected chi connectivity index (χ1v) is 9.27. The van der Waals surface area contributed by atoms with E-state index in [4.69, 9.17) is 4.74 Å². The number of aryl methyl sites for hydroxylation is 2. The summed E-state index contributed by atoms with van der Waals surface area (Å²) in [5.41, 5.74) is 3.70. The van der Waals surface area contributed by atoms with E-state index in [2.05, 4.69) is 91.5 Å². The molecule has 5 aromatic rings. The van der Waals surface area contributed by atoms with Gasteiger partial charge >= 0.3 is 0 Å². The Morgan fingerprint density at radius 3 is 2.30 bits per heavy atom. The first kappa shape index (κ1) is 14.7. The van der Waals surface area contributed by atoms with Gasteiger partial charge in [0.2, 0.25) is 5.69 Å². The highest BCUT2D eigenvalue weighted by Gasteiger charge is 2.31. The molecule has 27 heavy (non-hydrogen) atoms. The second kappa shape index (κ2) is 5.08. The van der Waals surface area contributed by atoms with Gasteiger partial charge in [0.25, 0.3) is 0 Å². The second-order valence-corrected chi connectivity index (χ2v) is 7.36. The molecule has 0 saturated carbocycles. The number of hydrogen-bond acceptors (Lipinski definition) is 1. The van der Waals surface area contributed by atoms with Crippen LogP contribution in [0.3, 0.4) is 0 Å². The van der Waals surface area contributed by atoms with E-state index in [-0.39, 0.29) is 0 Å². The molecule has 0 radical (unpaired) electrons. The number of benzene rings is 4. The summed E-state index contributed by atoms with van der Waals surface area (Å²) < 4.78 is 8.82. The number of rotatable bonds is 0. The lowest BCUT2D eigenvalue weighted by Gasteiger charge is -2.23. The third-order valence-corrected chi connectivity index (χ3v) is 5.82. The molecule has 1 aromatic heterocycles. The average Bonchev–Trinajstić information content (AvgIpc) is 2.70. The van der Waals surface area contributed by atoms with Gasteiger partial charge in [-0.25, -0.2) is 4.57 Å². The average molecular weight is 348 g/mol. The fourth-order valence-corrected chi connectivity index (χ4v) is 4.54. The Labute approximate surface area is 157 Å². The molecule has 128 valence electrons. The maximum Gasteiger partial charge on any atom is 0.228 e. The van der Waals surface area contributed by atoms with Crippen LogP contribution in [0.15, 0.2) is 72.9 Å². The zero-order valence-electron chi connectivity index (χ0n) is 15.3. The molecule has 2 nitrogen and oxygen atoms in total. The summed E-state index contributed by atoms with van der Waals surface area (Å²) in [6, 6.07) is 23.6. The highest BCUT2D eigenvalue weighted by Crippen LogP contribution is 2.50. The molecule has 2 heteroatoms. The van der Waals surface area contributed by atoms with E-state index in [9.17, 15) is 0 Å². The van der Waals surface area contributed by atoms with Crippen LogP contribution in [-0.2, 0) is 7.05 Å². The van der Waals surface area contributed by atoms with Crippen LogP contribution in [0, 0.1) is 6.92 Å². The minimum atomic E-state index is 0.943. The number of fused-ring (bicyclic) bond motifs is 5. The van der Waals surface area contributed by atoms with E-state index < -0.39 is 0 Å². The van der Waals surface area contributed by atoms with Gasteiger partial charge in [-0.1, -0.05) is 48.5 Å². The Balaban J connectivity index is 1.87. The predicted octanol–water partition coefficient (Wildman–Crippen LogP) is 6.05. The van der Waals surface area contributed by atoms with Crippen molar-refractivity contribution in [3.05, 3.63) is 78.5 Å². The fraction of sp³-hybridized carbons (Fsp3) is 0.0800. The van der Waals surface area contributed by atoms with Gasteiger partial charge in [-0.3, -0.25) is 0 Å². The van der Waals surface area contributed by atoms with E-state index in [0.29, 0.717) is 0 Å². The van der Waals surface area contributed by atoms with Gasteiger partial charge in [0.1, 0.15) is 18.5 Å². The molecular formula is C25H18NO+. The molecule has 6 rings (SSSR count). The van der Waals surface area contributed by atoms with Gasteiger partial charge in [0.05, 0.1) is 10.9 Å². The predicted molar refractivity (Wildman–Crippen MR) is 110 cm³/mol. The Kier molecular flexibility index (Phi) is 2.77. The molecule has 0 fully saturated rings. The Morgan fingerprint density at radius 2 is 1.48 bits per heavy atom. The molecule has 0 aliphatic carbocycles. The van der Waals surface area contributed by atoms with E-state index >= 15 is 0 Å². The van der Waals surface area contributed by atoms with Crippen LogP contribution in [0.1, 0.15) is 5.56 Å². The van der Waals surface area contributed by atoms with Crippen molar-refractivity contribution in [2.75, 3.05) is 0 Å². The molecule has 0 saturated heterocycles. The molecular weight excluding hydrogens is 330 g/mol. The molecule has 4 aromatic carbocycles. The summed E-state index contributed by atoms with van der Waals surface area (Å²) >= 11 is 0. The summed E-state index contributed by atoms with van der Waals surface area (Å²) in [4.78, 5) is 0. The quantitative estimate of drug-likeness (QED) is 0.240. The number of ether oxygens (including phenoxy) is 1. The molecule has 0 spiro atoms. The van der Waals surface area contributed by atoms with Crippen LogP contribution in [0.5, 0.6) is 11.5 Å². The number of nitrogens with zero attached hydrogens (tertiary/aromatic N) is 1. The lowest BCUT2D eigenvalue weighted by atomic mass is 9.90. The molecule has 0 unspecified atom stereocenters. The standard InChI is InChI=1S/C25H18NO/c1-15-19-9-5-3-8-17(19)14-21-22(15)24-23-18(11-12-26(24)2)13-16-7-4-6-10-20(16)25(23)27-21/h3-14H,1-2H3/q+1. The zero-order valence-corrected chi connectivity index (χ0v) is 15.3. The van der Waals surface area contributed by atoms with Crippen LogP contribution in [0.25, 0.3) is 43.6 Å². The molecule has 2 heterocycles. The summed E-state index contributed by atoms with van der Waals surface area (Å²) in [7, 11) is 2.12. The van der Waals surface area contributed by atoms with Crippen molar-refractivity contribution in [2.24, 2.45) is 7.05 Å². The highest BCUT2D eigenvalue weighted by atomic mass is 16.5. The Bertz CT molecular complexity index is 1420. The van der Waals surface area contributed by atoms with Crippen molar-refractivity contribution in [2.45, 2.75) is 6.92 Å². The molecule has 0 bridgehead atoms. The van der Waals surface area contributed by atoms with Crippen LogP contribution < -0.4 is 9.30 Å². The zero-order chi connectivity index (χ0) is 18.1. The van der Waals surface area contributed by atoms with E-state index in [0.717, 1.165) is 16.9 Å². The number of aromatic nitrogens is 1. The molecule has 0 amide bonds. The van der Waals surface area contributed by atoms with Crippen molar-refractivity contribution in [1.29, 1.82) is 0 Å². The Morgan fingerprint density at radius 1 is 0.778 bits per heavy atom. The van der Waals surface area contributed by atoms with Gasteiger partial charge in [0.15, 0.2) is 6.20 Å². The summed E-state index contributed by atoms with van der Waals surface area (Å²) in [6.45, 7) is 2.20. The van der Waals surface area contributed by atoms with Crippen molar-refractivity contribution in [3.8, 4) is 22.8 Å². The maximum atomic E-state index is 6.59. The lowest BCUT2D eigenvalue weighted by molar-refractivity contribution is -0.659. The summed E-state index contributed by atoms with van der Waals surface area (Å²) in [5, 5.41) is 7.28. The molecule has 0 atom stereocenters. The minimum absolute atomic E-state index is 0.943. The summed E-state index contributed by atoms with van der Waals surface area (Å²) in [5.74, 6) is 1.91. The van der Waals surface area contributed by atoms with Gasteiger partial charge in [-0.15, -0.1) is 0 Å². The molecule has 0 N–H and O–H groups in total. The molecule has 1 aliphatic heterocycles. The summed E-state index contributed by atoms with van der Waals surface area (Å²) in [6.07, 6.45) is 2.15. The van der Waals surface area contributed by atoms with Crippen LogP contribution in [0.2, 0.25) is 0 Å². The lowest BCUT2D eigenvalue weighted by Crippen LogP contribution is -2.31. The van der Waals surface area contributed by atoms with Crippen LogP contribution in [-0.4, -0.2) is 0 Å². The first-order valence-electron chi connectivity index (χ1n) is 9.27. The maximum absolute atomic E-state index is 6.59. The van der Waals surface area contributed by atoms with Crippen molar-refractivity contribution in [1.82, 2.24) is 0 Å². The van der Waals surface area contributed by atoms with E-state index in [1.807, 2.05) is 0 Å². The normalized spacial score (nSPS) is 12.4. The first-order chi connectivity index (χ1) is 13.2. The monoisotopic (exact) mass is 348 g/mol. The third kappa shape index (κ3) is 1.87. The van der Waals surface area contributed by atoms with Gasteiger partial charge in [-0.2, -0.15) is 0 Å². The second-order valence-electron chi connectivity index (χ2n) is 7.36. The van der Waals surface area contributed by atoms with Crippen molar-refractivity contribution < 1.29 is 9.30 Å². The van der Waals surface area contributed by atoms with Gasteiger partial charge < -0.3 is 4.74 Å². The van der Waals surface area contributed by atoms with Crippen LogP contribution >= 0.6 is 0 Å². The van der Waals surface area contributed by atoms with E-state index in [1.165, 1.54) is 43.8 Å². The molecule has 1 aliphatic rings. The van der Waals surface area contributed by atoms with E-state index in [1.54, 1.807) is 0 Å². The number of hydrogen-bond donors (Lipinski definition) is 0. The minimum Gasteiger partial charge on any atom is -0.455 e. The van der Waals surface area contributed by atoms with Crippen molar-refractivity contribution in [3.63, 3.8) is 0 Å².